The Bertz CT molecular complexity index is 802. The lowest BCUT2D eigenvalue weighted by Crippen LogP contribution is -2.25. The van der Waals surface area contributed by atoms with Gasteiger partial charge in [0.25, 0.3) is 0 Å². The first-order valence-electron chi connectivity index (χ1n) is 8.82. The minimum absolute atomic E-state index is 0.156. The molecule has 1 atom stereocenters. The van der Waals surface area contributed by atoms with Crippen LogP contribution in [0.2, 0.25) is 0 Å². The average molecular weight is 354 g/mol. The highest BCUT2D eigenvalue weighted by atomic mass is 32.1. The first-order chi connectivity index (χ1) is 12.2. The number of aromatic nitrogens is 1. The minimum Gasteiger partial charge on any atom is -0.493 e. The van der Waals surface area contributed by atoms with Gasteiger partial charge in [-0.05, 0) is 50.8 Å². The molecule has 5 heteroatoms. The van der Waals surface area contributed by atoms with E-state index in [-0.39, 0.29) is 12.1 Å². The lowest BCUT2D eigenvalue weighted by atomic mass is 10.1. The molecule has 1 unspecified atom stereocenters. The Hall–Kier alpha value is -2.14. The summed E-state index contributed by atoms with van der Waals surface area (Å²) in [6, 6.07) is 10.3. The summed E-state index contributed by atoms with van der Waals surface area (Å²) in [5, 5.41) is 0. The summed E-state index contributed by atoms with van der Waals surface area (Å²) in [6.07, 6.45) is 6.78. The van der Waals surface area contributed by atoms with E-state index in [9.17, 15) is 0 Å². The normalized spacial score (nSPS) is 20.0. The van der Waals surface area contributed by atoms with Crippen molar-refractivity contribution >= 4 is 22.9 Å². The summed E-state index contributed by atoms with van der Waals surface area (Å²) < 4.78 is 11.7. The van der Waals surface area contributed by atoms with E-state index in [1.807, 2.05) is 24.3 Å². The summed E-state index contributed by atoms with van der Waals surface area (Å²) >= 11 is 5.69. The Labute approximate surface area is 153 Å². The van der Waals surface area contributed by atoms with Crippen LogP contribution in [0.15, 0.2) is 36.5 Å². The number of pyridine rings is 1. The zero-order valence-corrected chi connectivity index (χ0v) is 15.4. The van der Waals surface area contributed by atoms with Crippen LogP contribution in [0.3, 0.4) is 0 Å². The van der Waals surface area contributed by atoms with Crippen LogP contribution in [0.1, 0.15) is 49.9 Å². The number of fused-ring (bicyclic) bond motifs is 1. The number of thiocarbonyl (C=S) groups is 1. The molecule has 0 radical (unpaired) electrons. The molecule has 0 amide bonds. The maximum absolute atomic E-state index is 6.23. The van der Waals surface area contributed by atoms with Crippen LogP contribution >= 0.6 is 12.2 Å². The third-order valence-corrected chi connectivity index (χ3v) is 5.51. The van der Waals surface area contributed by atoms with Gasteiger partial charge in [0, 0.05) is 23.5 Å². The van der Waals surface area contributed by atoms with E-state index in [2.05, 4.69) is 22.9 Å². The predicted molar refractivity (Wildman–Crippen MR) is 103 cm³/mol. The van der Waals surface area contributed by atoms with Crippen molar-refractivity contribution in [1.29, 1.82) is 0 Å². The fourth-order valence-corrected chi connectivity index (χ4v) is 4.23. The number of ether oxygens (including phenoxy) is 2. The molecule has 1 fully saturated rings. The van der Waals surface area contributed by atoms with E-state index in [4.69, 9.17) is 21.7 Å². The van der Waals surface area contributed by atoms with Gasteiger partial charge in [-0.2, -0.15) is 0 Å². The molecule has 2 heterocycles. The van der Waals surface area contributed by atoms with Crippen LogP contribution in [-0.2, 0) is 0 Å². The Morgan fingerprint density at radius 2 is 1.96 bits per heavy atom. The highest BCUT2D eigenvalue weighted by Crippen LogP contribution is 2.41. The van der Waals surface area contributed by atoms with Crippen molar-refractivity contribution in [2.45, 2.75) is 44.8 Å². The summed E-state index contributed by atoms with van der Waals surface area (Å²) in [4.78, 5) is 7.38. The molecule has 0 spiro atoms. The third-order valence-electron chi connectivity index (χ3n) is 5.12. The van der Waals surface area contributed by atoms with Crippen LogP contribution in [-0.4, -0.2) is 23.2 Å². The average Bonchev–Trinajstić information content (AvgIpc) is 3.23. The van der Waals surface area contributed by atoms with Crippen molar-refractivity contribution in [2.75, 3.05) is 12.0 Å². The van der Waals surface area contributed by atoms with Gasteiger partial charge >= 0.3 is 0 Å². The van der Waals surface area contributed by atoms with Gasteiger partial charge in [0.05, 0.1) is 19.3 Å². The molecule has 1 saturated carbocycles. The molecule has 0 saturated heterocycles. The maximum Gasteiger partial charge on any atom is 0.163 e. The monoisotopic (exact) mass is 354 g/mol. The highest BCUT2D eigenvalue weighted by Gasteiger charge is 2.33. The first kappa shape index (κ1) is 16.3. The lowest BCUT2D eigenvalue weighted by Gasteiger charge is -2.25. The molecule has 25 heavy (non-hydrogen) atoms. The van der Waals surface area contributed by atoms with Gasteiger partial charge < -0.3 is 14.4 Å². The molecule has 130 valence electrons. The van der Waals surface area contributed by atoms with Gasteiger partial charge in [-0.1, -0.05) is 18.3 Å². The Morgan fingerprint density at radius 3 is 2.68 bits per heavy atom. The molecular weight excluding hydrogens is 332 g/mol. The van der Waals surface area contributed by atoms with Crippen LogP contribution < -0.4 is 14.4 Å². The van der Waals surface area contributed by atoms with E-state index in [0.29, 0.717) is 0 Å². The highest BCUT2D eigenvalue weighted by molar-refractivity contribution is 7.81. The van der Waals surface area contributed by atoms with Gasteiger partial charge in [-0.3, -0.25) is 4.98 Å². The van der Waals surface area contributed by atoms with Gasteiger partial charge in [-0.15, -0.1) is 0 Å². The van der Waals surface area contributed by atoms with E-state index >= 15 is 0 Å². The van der Waals surface area contributed by atoms with Crippen molar-refractivity contribution in [3.63, 3.8) is 0 Å². The fraction of sp³-hybridized carbons (Fsp3) is 0.400. The predicted octanol–water partition coefficient (Wildman–Crippen LogP) is 4.67. The SMILES string of the molecule is COc1ccc(N2C(=S)c3ncccc3C2C)cc1OC1CCCC1. The lowest BCUT2D eigenvalue weighted by molar-refractivity contribution is 0.201. The molecule has 1 aliphatic heterocycles. The second kappa shape index (κ2) is 6.64. The van der Waals surface area contributed by atoms with Crippen molar-refractivity contribution < 1.29 is 9.47 Å². The minimum atomic E-state index is 0.156. The van der Waals surface area contributed by atoms with Gasteiger partial charge in [0.1, 0.15) is 10.7 Å². The van der Waals surface area contributed by atoms with Gasteiger partial charge in [0.15, 0.2) is 11.5 Å². The summed E-state index contributed by atoms with van der Waals surface area (Å²) in [7, 11) is 1.68. The number of benzene rings is 1. The molecule has 1 aromatic carbocycles. The van der Waals surface area contributed by atoms with Crippen molar-refractivity contribution in [3.05, 3.63) is 47.8 Å². The fourth-order valence-electron chi connectivity index (χ4n) is 3.80. The van der Waals surface area contributed by atoms with E-state index < -0.39 is 0 Å². The number of rotatable bonds is 4. The molecule has 2 aliphatic rings. The van der Waals surface area contributed by atoms with Crippen molar-refractivity contribution in [3.8, 4) is 11.5 Å². The Morgan fingerprint density at radius 1 is 1.16 bits per heavy atom. The molecule has 2 aromatic rings. The van der Waals surface area contributed by atoms with Gasteiger partial charge in [-0.25, -0.2) is 0 Å². The molecule has 4 rings (SSSR count). The van der Waals surface area contributed by atoms with Crippen LogP contribution in [0.4, 0.5) is 5.69 Å². The van der Waals surface area contributed by atoms with Crippen LogP contribution in [0, 0.1) is 0 Å². The number of hydrogen-bond donors (Lipinski definition) is 0. The Kier molecular flexibility index (Phi) is 4.34. The van der Waals surface area contributed by atoms with Crippen molar-refractivity contribution in [2.24, 2.45) is 0 Å². The van der Waals surface area contributed by atoms with E-state index in [1.165, 1.54) is 18.4 Å². The molecule has 0 N–H and O–H groups in total. The zero-order chi connectivity index (χ0) is 17.4. The summed E-state index contributed by atoms with van der Waals surface area (Å²) in [5.41, 5.74) is 3.09. The first-order valence-corrected chi connectivity index (χ1v) is 9.23. The zero-order valence-electron chi connectivity index (χ0n) is 14.6. The van der Waals surface area contributed by atoms with Gasteiger partial charge in [0.2, 0.25) is 0 Å². The van der Waals surface area contributed by atoms with Crippen LogP contribution in [0.5, 0.6) is 11.5 Å². The summed E-state index contributed by atoms with van der Waals surface area (Å²) in [6.45, 7) is 2.15. The number of anilines is 1. The van der Waals surface area contributed by atoms with Crippen molar-refractivity contribution in [1.82, 2.24) is 4.98 Å². The largest absolute Gasteiger partial charge is 0.493 e. The second-order valence-electron chi connectivity index (χ2n) is 6.65. The molecule has 1 aliphatic carbocycles. The molecule has 4 nitrogen and oxygen atoms in total. The molecule has 1 aromatic heterocycles. The molecular formula is C20H22N2O2S. The number of nitrogens with zero attached hydrogens (tertiary/aromatic N) is 2. The van der Waals surface area contributed by atoms with Crippen LogP contribution in [0.25, 0.3) is 0 Å². The smallest absolute Gasteiger partial charge is 0.163 e. The second-order valence-corrected chi connectivity index (χ2v) is 7.04. The quantitative estimate of drug-likeness (QED) is 0.746. The summed E-state index contributed by atoms with van der Waals surface area (Å²) in [5.74, 6) is 1.56. The topological polar surface area (TPSA) is 34.6 Å². The third kappa shape index (κ3) is 2.86. The number of hydrogen-bond acceptors (Lipinski definition) is 4. The number of methoxy groups -OCH3 is 1. The maximum atomic E-state index is 6.23. The Balaban J connectivity index is 1.68. The standard InChI is InChI=1S/C20H22N2O2S/c1-13-16-8-5-11-21-19(16)20(25)22(13)14-9-10-17(23-2)18(12-14)24-15-6-3-4-7-15/h5,8-13,15H,3-4,6-7H2,1-2H3. The molecule has 0 bridgehead atoms. The van der Waals surface area contributed by atoms with E-state index in [0.717, 1.165) is 40.7 Å². The van der Waals surface area contributed by atoms with E-state index in [1.54, 1.807) is 13.3 Å².